The third-order valence-corrected chi connectivity index (χ3v) is 3.56. The molecule has 1 aromatic carbocycles. The van der Waals surface area contributed by atoms with Crippen LogP contribution in [0.25, 0.3) is 10.9 Å². The van der Waals surface area contributed by atoms with Crippen LogP contribution < -0.4 is 0 Å². The van der Waals surface area contributed by atoms with Crippen molar-refractivity contribution >= 4 is 22.8 Å². The molecule has 0 aliphatic carbocycles. The van der Waals surface area contributed by atoms with Gasteiger partial charge in [-0.2, -0.15) is 5.10 Å². The predicted octanol–water partition coefficient (Wildman–Crippen LogP) is 0.417. The number of hydrogen-bond acceptors (Lipinski definition) is 4. The zero-order chi connectivity index (χ0) is 14.8. The molecule has 0 saturated carbocycles. The van der Waals surface area contributed by atoms with Gasteiger partial charge >= 0.3 is 5.97 Å². The van der Waals surface area contributed by atoms with E-state index in [0.717, 1.165) is 16.6 Å². The van der Waals surface area contributed by atoms with E-state index >= 15 is 0 Å². The lowest BCUT2D eigenvalue weighted by Gasteiger charge is -2.30. The number of ether oxygens (including phenoxy) is 1. The maximum atomic E-state index is 12.3. The molecule has 0 spiro atoms. The third kappa shape index (κ3) is 2.73. The van der Waals surface area contributed by atoms with Crippen molar-refractivity contribution in [2.24, 2.45) is 0 Å². The van der Waals surface area contributed by atoms with Gasteiger partial charge in [0, 0.05) is 11.9 Å². The molecular formula is C14H15N3O4. The summed E-state index contributed by atoms with van der Waals surface area (Å²) in [5.74, 6) is -1.17. The topological polar surface area (TPSA) is 95.5 Å². The SMILES string of the molecule is O=C(O)C1CN(C(=O)Cc2[nH]nc3ccccc23)CCO1. The highest BCUT2D eigenvalue weighted by molar-refractivity contribution is 5.87. The molecule has 1 saturated heterocycles. The molecule has 110 valence electrons. The van der Waals surface area contributed by atoms with E-state index in [1.165, 1.54) is 4.90 Å². The minimum atomic E-state index is -1.04. The van der Waals surface area contributed by atoms with E-state index in [0.29, 0.717) is 6.54 Å². The van der Waals surface area contributed by atoms with Gasteiger partial charge in [0.1, 0.15) is 0 Å². The van der Waals surface area contributed by atoms with Gasteiger partial charge in [0.25, 0.3) is 0 Å². The van der Waals surface area contributed by atoms with Crippen molar-refractivity contribution in [1.29, 1.82) is 0 Å². The highest BCUT2D eigenvalue weighted by atomic mass is 16.5. The summed E-state index contributed by atoms with van der Waals surface area (Å²) >= 11 is 0. The largest absolute Gasteiger partial charge is 0.479 e. The maximum Gasteiger partial charge on any atom is 0.334 e. The van der Waals surface area contributed by atoms with Gasteiger partial charge in [-0.15, -0.1) is 0 Å². The molecule has 1 aliphatic heterocycles. The van der Waals surface area contributed by atoms with Gasteiger partial charge in [-0.3, -0.25) is 9.89 Å². The Bertz CT molecular complexity index is 682. The Hall–Kier alpha value is -2.41. The summed E-state index contributed by atoms with van der Waals surface area (Å²) in [6.45, 7) is 0.737. The molecule has 1 fully saturated rings. The summed E-state index contributed by atoms with van der Waals surface area (Å²) in [6, 6.07) is 7.55. The molecule has 1 atom stereocenters. The molecular weight excluding hydrogens is 274 g/mol. The average molecular weight is 289 g/mol. The van der Waals surface area contributed by atoms with E-state index in [2.05, 4.69) is 10.2 Å². The smallest absolute Gasteiger partial charge is 0.334 e. The Morgan fingerprint density at radius 1 is 1.43 bits per heavy atom. The molecule has 1 aliphatic rings. The van der Waals surface area contributed by atoms with Crippen molar-refractivity contribution in [3.05, 3.63) is 30.0 Å². The standard InChI is InChI=1S/C14H15N3O4/c18-13(17-5-6-21-12(8-17)14(19)20)7-11-9-3-1-2-4-10(9)15-16-11/h1-4,12H,5-8H2,(H,15,16)(H,19,20). The van der Waals surface area contributed by atoms with Crippen LogP contribution in [0.2, 0.25) is 0 Å². The van der Waals surface area contributed by atoms with Crippen LogP contribution in [0.3, 0.4) is 0 Å². The number of aromatic amines is 1. The number of carboxylic acid groups (broad SMARTS) is 1. The second-order valence-electron chi connectivity index (χ2n) is 4.93. The first-order valence-electron chi connectivity index (χ1n) is 6.69. The number of nitrogens with zero attached hydrogens (tertiary/aromatic N) is 2. The van der Waals surface area contributed by atoms with Gasteiger partial charge in [-0.25, -0.2) is 4.79 Å². The fraction of sp³-hybridized carbons (Fsp3) is 0.357. The zero-order valence-corrected chi connectivity index (χ0v) is 11.3. The Kier molecular flexibility index (Phi) is 3.57. The summed E-state index contributed by atoms with van der Waals surface area (Å²) in [4.78, 5) is 24.8. The second kappa shape index (κ2) is 5.53. The van der Waals surface area contributed by atoms with Gasteiger partial charge in [-0.05, 0) is 6.07 Å². The monoisotopic (exact) mass is 289 g/mol. The molecule has 2 heterocycles. The molecule has 1 unspecified atom stereocenters. The van der Waals surface area contributed by atoms with Crippen molar-refractivity contribution in [3.63, 3.8) is 0 Å². The molecule has 1 aromatic heterocycles. The van der Waals surface area contributed by atoms with E-state index in [4.69, 9.17) is 9.84 Å². The number of para-hydroxylation sites is 1. The van der Waals surface area contributed by atoms with Crippen molar-refractivity contribution in [2.75, 3.05) is 19.7 Å². The predicted molar refractivity (Wildman–Crippen MR) is 73.8 cm³/mol. The van der Waals surface area contributed by atoms with Gasteiger partial charge in [0.2, 0.25) is 5.91 Å². The molecule has 0 bridgehead atoms. The number of benzene rings is 1. The van der Waals surface area contributed by atoms with Gasteiger partial charge in [-0.1, -0.05) is 18.2 Å². The normalized spacial score (nSPS) is 18.9. The molecule has 3 rings (SSSR count). The van der Waals surface area contributed by atoms with Crippen LogP contribution in [0, 0.1) is 0 Å². The average Bonchev–Trinajstić information content (AvgIpc) is 2.91. The second-order valence-corrected chi connectivity index (χ2v) is 4.93. The van der Waals surface area contributed by atoms with Crippen LogP contribution in [0.1, 0.15) is 5.69 Å². The van der Waals surface area contributed by atoms with E-state index in [1.807, 2.05) is 24.3 Å². The molecule has 21 heavy (non-hydrogen) atoms. The van der Waals surface area contributed by atoms with Crippen molar-refractivity contribution in [1.82, 2.24) is 15.1 Å². The number of morpholine rings is 1. The Labute approximate surface area is 120 Å². The van der Waals surface area contributed by atoms with Crippen molar-refractivity contribution < 1.29 is 19.4 Å². The van der Waals surface area contributed by atoms with Crippen LogP contribution in [0.4, 0.5) is 0 Å². The number of carbonyl (C=O) groups excluding carboxylic acids is 1. The Morgan fingerprint density at radius 2 is 2.24 bits per heavy atom. The summed E-state index contributed by atoms with van der Waals surface area (Å²) in [5.41, 5.74) is 1.56. The number of aliphatic carboxylic acids is 1. The number of amides is 1. The summed E-state index contributed by atoms with van der Waals surface area (Å²) in [5, 5.41) is 16.9. The van der Waals surface area contributed by atoms with Crippen molar-refractivity contribution in [2.45, 2.75) is 12.5 Å². The number of fused-ring (bicyclic) bond motifs is 1. The summed E-state index contributed by atoms with van der Waals surface area (Å²) < 4.78 is 5.11. The Balaban J connectivity index is 1.72. The van der Waals surface area contributed by atoms with Crippen LogP contribution in [0.5, 0.6) is 0 Å². The van der Waals surface area contributed by atoms with E-state index in [9.17, 15) is 9.59 Å². The lowest BCUT2D eigenvalue weighted by atomic mass is 10.1. The van der Waals surface area contributed by atoms with Gasteiger partial charge in [0.05, 0.1) is 30.8 Å². The maximum absolute atomic E-state index is 12.3. The van der Waals surface area contributed by atoms with E-state index in [1.54, 1.807) is 0 Å². The van der Waals surface area contributed by atoms with Crippen molar-refractivity contribution in [3.8, 4) is 0 Å². The lowest BCUT2D eigenvalue weighted by molar-refractivity contribution is -0.159. The van der Waals surface area contributed by atoms with Gasteiger partial charge < -0.3 is 14.7 Å². The molecule has 1 amide bonds. The van der Waals surface area contributed by atoms with E-state index < -0.39 is 12.1 Å². The third-order valence-electron chi connectivity index (χ3n) is 3.56. The minimum Gasteiger partial charge on any atom is -0.479 e. The molecule has 7 nitrogen and oxygen atoms in total. The van der Waals surface area contributed by atoms with Crippen LogP contribution in [0.15, 0.2) is 24.3 Å². The van der Waals surface area contributed by atoms with Crippen LogP contribution in [-0.4, -0.2) is 57.9 Å². The number of hydrogen-bond donors (Lipinski definition) is 2. The van der Waals surface area contributed by atoms with Gasteiger partial charge in [0.15, 0.2) is 6.10 Å². The number of H-pyrrole nitrogens is 1. The molecule has 2 aromatic rings. The fourth-order valence-corrected chi connectivity index (χ4v) is 2.44. The Morgan fingerprint density at radius 3 is 3.05 bits per heavy atom. The molecule has 0 radical (unpaired) electrons. The molecule has 2 N–H and O–H groups in total. The first-order valence-corrected chi connectivity index (χ1v) is 6.69. The number of carboxylic acids is 1. The number of rotatable bonds is 3. The van der Waals surface area contributed by atoms with Crippen LogP contribution in [-0.2, 0) is 20.7 Å². The quantitative estimate of drug-likeness (QED) is 0.853. The molecule has 7 heteroatoms. The minimum absolute atomic E-state index is 0.0836. The number of nitrogens with one attached hydrogen (secondary N) is 1. The first-order chi connectivity index (χ1) is 10.1. The zero-order valence-electron chi connectivity index (χ0n) is 11.3. The summed E-state index contributed by atoms with van der Waals surface area (Å²) in [6.07, 6.45) is -0.770. The fourth-order valence-electron chi connectivity index (χ4n) is 2.44. The number of carbonyl (C=O) groups is 2. The lowest BCUT2D eigenvalue weighted by Crippen LogP contribution is -2.49. The highest BCUT2D eigenvalue weighted by Crippen LogP contribution is 2.17. The summed E-state index contributed by atoms with van der Waals surface area (Å²) in [7, 11) is 0. The van der Waals surface area contributed by atoms with E-state index in [-0.39, 0.29) is 25.5 Å². The number of aromatic nitrogens is 2. The first kappa shape index (κ1) is 13.6. The highest BCUT2D eigenvalue weighted by Gasteiger charge is 2.29. The van der Waals surface area contributed by atoms with Crippen LogP contribution >= 0.6 is 0 Å².